The van der Waals surface area contributed by atoms with Crippen molar-refractivity contribution in [1.29, 1.82) is 0 Å². The molecule has 0 aliphatic rings. The summed E-state index contributed by atoms with van der Waals surface area (Å²) in [6.07, 6.45) is 3.81. The third kappa shape index (κ3) is 23.5. The van der Waals surface area contributed by atoms with Crippen LogP contribution in [-0.2, 0) is 69.1 Å². The molecule has 0 atom stereocenters. The van der Waals surface area contributed by atoms with Crippen LogP contribution in [0, 0.1) is 45.9 Å². The van der Waals surface area contributed by atoms with Crippen molar-refractivity contribution in [2.24, 2.45) is 0 Å². The zero-order chi connectivity index (χ0) is 68.1. The molecule has 0 saturated heterocycles. The van der Waals surface area contributed by atoms with Gasteiger partial charge in [-0.3, -0.25) is 14.3 Å². The van der Waals surface area contributed by atoms with Crippen molar-refractivity contribution in [2.75, 3.05) is 0 Å². The van der Waals surface area contributed by atoms with Crippen LogP contribution in [0.3, 0.4) is 0 Å². The Labute approximate surface area is 646 Å². The van der Waals surface area contributed by atoms with Crippen molar-refractivity contribution in [2.45, 2.75) is 72.7 Å². The fourth-order valence-electron chi connectivity index (χ4n) is 10.3. The molecule has 98 heavy (non-hydrogen) atoms. The summed E-state index contributed by atoms with van der Waals surface area (Å²) in [5.74, 6) is 1.09. The van der Waals surface area contributed by atoms with Crippen molar-refractivity contribution in [3.8, 4) is 22.5 Å². The van der Waals surface area contributed by atoms with Crippen LogP contribution in [0.25, 0.3) is 44.1 Å². The van der Waals surface area contributed by atoms with Gasteiger partial charge in [0.2, 0.25) is 0 Å². The van der Waals surface area contributed by atoms with Gasteiger partial charge in [0.25, 0.3) is 6.47 Å². The average Bonchev–Trinajstić information content (AvgIpc) is 0.789. The Morgan fingerprint density at radius 2 is 0.847 bits per heavy atom. The summed E-state index contributed by atoms with van der Waals surface area (Å²) in [6, 6.07) is 91.8. The second-order valence-corrected chi connectivity index (χ2v) is 29.3. The molecular weight excluding hydrogens is 1670 g/mol. The first-order chi connectivity index (χ1) is 44.9. The minimum atomic E-state index is -5.84. The van der Waals surface area contributed by atoms with E-state index in [0.717, 1.165) is 54.3 Å². The Morgan fingerprint density at radius 3 is 1.16 bits per heavy atom. The van der Waals surface area contributed by atoms with Crippen LogP contribution < -0.4 is 96.2 Å². The molecule has 2 heterocycles. The Bertz CT molecular complexity index is 4150. The molecule has 0 aliphatic heterocycles. The van der Waals surface area contributed by atoms with Gasteiger partial charge in [0.05, 0.1) is 5.69 Å². The normalized spacial score (nSPS) is 10.8. The minimum absolute atomic E-state index is 0. The number of aryl methyl sites for hydroxylation is 4. The van der Waals surface area contributed by atoms with E-state index < -0.39 is 29.9 Å². The second kappa shape index (κ2) is 41.0. The van der Waals surface area contributed by atoms with Gasteiger partial charge >= 0.3 is 74.7 Å². The van der Waals surface area contributed by atoms with E-state index in [4.69, 9.17) is 23.0 Å². The molecular formula is C78H72F3Ir2N2Na2O8P2S-3. The molecule has 0 aliphatic carbocycles. The molecule has 10 aromatic carbocycles. The number of fused-ring (bicyclic) bond motifs is 2. The first-order valence-electron chi connectivity index (χ1n) is 29.9. The zero-order valence-electron chi connectivity index (χ0n) is 56.9. The summed E-state index contributed by atoms with van der Waals surface area (Å²) in [5, 5.41) is 18.2. The van der Waals surface area contributed by atoms with Gasteiger partial charge in [-0.05, 0) is 82.9 Å². The predicted molar refractivity (Wildman–Crippen MR) is 376 cm³/mol. The second-order valence-electron chi connectivity index (χ2n) is 22.4. The van der Waals surface area contributed by atoms with Crippen molar-refractivity contribution in [3.63, 3.8) is 0 Å². The van der Waals surface area contributed by atoms with Crippen LogP contribution in [0.15, 0.2) is 261 Å². The van der Waals surface area contributed by atoms with E-state index in [-0.39, 0.29) is 107 Å². The molecule has 10 nitrogen and oxygen atoms in total. The number of pyridine rings is 2. The van der Waals surface area contributed by atoms with Gasteiger partial charge in [-0.25, -0.2) is 0 Å². The van der Waals surface area contributed by atoms with Gasteiger partial charge in [0.1, 0.15) is 14.3 Å². The number of nitrogens with zero attached hydrogens (tertiary/aromatic N) is 2. The number of hydrogen-bond acceptors (Lipinski definition) is 9. The van der Waals surface area contributed by atoms with Crippen molar-refractivity contribution in [1.82, 2.24) is 9.97 Å². The topological polar surface area (TPSA) is 164 Å². The third-order valence-corrected chi connectivity index (χ3v) is 21.3. The maximum absolute atomic E-state index is 13.8. The standard InChI is InChI=1S/C20H21N.C20H20N.2C18H14OP.CHF3O3S.CH2O3.2Ir.2Na.H/c2*1-13(2)16-5-6-19-17(12-16)7-8-21-20(19)18-10-14(3)9-15(4)11-18;2*19-20(16-10-4-1-5-11-16,17-12-6-2-7-13-17)18-14-8-3-9-15-18;2-1(3,4)8(5,6)7;2-1-4-3;;;;;/h5-13H,1-4H3;5-10,12-13H,1-4H3;2*1-14H;(H,5,6,7);1,3H;;;;;/q;3*-1;;;;;2*+1;-1/p-1. The van der Waals surface area contributed by atoms with E-state index >= 15 is 0 Å². The van der Waals surface area contributed by atoms with Crippen LogP contribution in [-0.4, -0.2) is 34.9 Å². The van der Waals surface area contributed by atoms with E-state index in [2.05, 4.69) is 167 Å². The molecule has 1 N–H and O–H groups in total. The fourth-order valence-corrected chi connectivity index (χ4v) is 15.4. The quantitative estimate of drug-likeness (QED) is 0.0193. The van der Waals surface area contributed by atoms with Gasteiger partial charge in [0.15, 0.2) is 0 Å². The summed E-state index contributed by atoms with van der Waals surface area (Å²) in [7, 11) is -11.5. The van der Waals surface area contributed by atoms with Gasteiger partial charge in [-0.2, -0.15) is 82.3 Å². The smallest absolute Gasteiger partial charge is 1.00 e. The molecule has 502 valence electrons. The van der Waals surface area contributed by atoms with Crippen LogP contribution >= 0.6 is 14.3 Å². The molecule has 0 saturated carbocycles. The first-order valence-corrected chi connectivity index (χ1v) is 34.7. The van der Waals surface area contributed by atoms with Gasteiger partial charge < -0.3 is 25.7 Å². The number of rotatable bonds is 11. The maximum Gasteiger partial charge on any atom is 1.00 e. The van der Waals surface area contributed by atoms with Crippen LogP contribution in [0.2, 0.25) is 0 Å². The average molecular weight is 1750 g/mol. The van der Waals surface area contributed by atoms with Crippen LogP contribution in [0.5, 0.6) is 0 Å². The first kappa shape index (κ1) is 86.1. The molecule has 0 amide bonds. The maximum atomic E-state index is 13.8. The number of carbonyl (C=O) groups is 1. The molecule has 20 heteroatoms. The van der Waals surface area contributed by atoms with Gasteiger partial charge in [0, 0.05) is 84.8 Å². The van der Waals surface area contributed by atoms with E-state index in [1.165, 1.54) is 54.9 Å². The number of benzene rings is 10. The molecule has 0 bridgehead atoms. The van der Waals surface area contributed by atoms with Gasteiger partial charge in [-0.1, -0.05) is 227 Å². The Kier molecular flexibility index (Phi) is 36.0. The molecule has 0 spiro atoms. The minimum Gasteiger partial charge on any atom is -1.00 e. The molecule has 0 fully saturated rings. The summed E-state index contributed by atoms with van der Waals surface area (Å²) in [5.41, 5.74) is 6.55. The van der Waals surface area contributed by atoms with Crippen molar-refractivity contribution >= 4 is 84.2 Å². The van der Waals surface area contributed by atoms with Gasteiger partial charge in [-0.15, -0.1) is 34.9 Å². The summed E-state index contributed by atoms with van der Waals surface area (Å²) < 4.78 is 85.1. The summed E-state index contributed by atoms with van der Waals surface area (Å²) >= 11 is 0. The van der Waals surface area contributed by atoms with Crippen molar-refractivity contribution in [3.05, 3.63) is 313 Å². The number of aromatic nitrogens is 2. The molecule has 12 aromatic rings. The summed E-state index contributed by atoms with van der Waals surface area (Å²) in [6.45, 7) is 17.2. The van der Waals surface area contributed by atoms with E-state index in [9.17, 15) is 22.3 Å². The Hall–Kier alpha value is -6.09. The Balaban J connectivity index is 0.000000418. The molecule has 2 aromatic heterocycles. The predicted octanol–water partition coefficient (Wildman–Crippen LogP) is 10.3. The third-order valence-electron chi connectivity index (χ3n) is 14.7. The van der Waals surface area contributed by atoms with Crippen LogP contribution in [0.4, 0.5) is 13.2 Å². The summed E-state index contributed by atoms with van der Waals surface area (Å²) in [4.78, 5) is 20.5. The number of alkyl halides is 3. The van der Waals surface area contributed by atoms with Crippen molar-refractivity contribution < 1.29 is 151 Å². The largest absolute Gasteiger partial charge is 1.00 e. The molecule has 2 radical (unpaired) electrons. The number of hydrogen-bond donors (Lipinski definition) is 1. The van der Waals surface area contributed by atoms with Crippen LogP contribution in [0.1, 0.15) is 74.3 Å². The van der Waals surface area contributed by atoms with E-state index in [1.807, 2.05) is 182 Å². The Morgan fingerprint density at radius 1 is 0.510 bits per heavy atom. The monoisotopic (exact) mass is 1750 g/mol. The fraction of sp³-hybridized carbons (Fsp3) is 0.141. The van der Waals surface area contributed by atoms with E-state index in [0.29, 0.717) is 11.8 Å². The molecule has 12 rings (SSSR count). The number of carbonyl (C=O) groups excluding carboxylic acids is 1. The zero-order valence-corrected chi connectivity index (χ0v) is 67.3. The van der Waals surface area contributed by atoms with E-state index in [1.54, 1.807) is 0 Å². The molecule has 0 unspecified atom stereocenters. The SMILES string of the molecule is Cc1[c-]c(-c2nccc3cc(C(C)C)ccc23)cc(C)c1.Cc1cc(C)cc(-c2nccc3cc(C(C)C)ccc23)c1.O=CO[O-].O=P(c1[c-]cccc1)(c1ccccc1)c1ccccc1.O=P(c1[c-]cccc1)(c1ccccc1)c1ccccc1.O=S(=O)(O)C(F)(F)F.[H-].[Ir].[Ir].[Na+].[Na+]. The number of halogens is 3.